The first-order valence-electron chi connectivity index (χ1n) is 9.51. The van der Waals surface area contributed by atoms with Gasteiger partial charge in [0.05, 0.1) is 17.8 Å². The van der Waals surface area contributed by atoms with E-state index in [2.05, 4.69) is 71.0 Å². The number of hydrogen-bond donors (Lipinski definition) is 0. The van der Waals surface area contributed by atoms with Crippen molar-refractivity contribution in [1.29, 1.82) is 0 Å². The average molecular weight is 352 g/mol. The molecule has 138 valence electrons. The van der Waals surface area contributed by atoms with Gasteiger partial charge in [0.15, 0.2) is 0 Å². The van der Waals surface area contributed by atoms with E-state index in [-0.39, 0.29) is 18.3 Å². The fourth-order valence-corrected chi connectivity index (χ4v) is 2.92. The molecule has 1 fully saturated rings. The lowest BCUT2D eigenvalue weighted by molar-refractivity contribution is 0.00578. The quantitative estimate of drug-likeness (QED) is 0.550. The zero-order chi connectivity index (χ0) is 18.8. The van der Waals surface area contributed by atoms with E-state index in [4.69, 9.17) is 14.0 Å². The van der Waals surface area contributed by atoms with Gasteiger partial charge < -0.3 is 14.0 Å². The van der Waals surface area contributed by atoms with Gasteiger partial charge in [-0.3, -0.25) is 0 Å². The van der Waals surface area contributed by atoms with E-state index in [9.17, 15) is 0 Å². The van der Waals surface area contributed by atoms with Crippen LogP contribution in [0, 0.1) is 0 Å². The van der Waals surface area contributed by atoms with E-state index in [1.54, 1.807) is 0 Å². The van der Waals surface area contributed by atoms with Crippen LogP contribution in [0.1, 0.15) is 47.5 Å². The lowest BCUT2D eigenvalue weighted by Crippen LogP contribution is -2.41. The van der Waals surface area contributed by atoms with Crippen molar-refractivity contribution in [2.75, 3.05) is 6.61 Å². The Hall–Kier alpha value is -1.78. The zero-order valence-electron chi connectivity index (χ0n) is 16.5. The Kier molecular flexibility index (Phi) is 5.45. The predicted octanol–water partition coefficient (Wildman–Crippen LogP) is 4.83. The molecular formula is C22H29BO3. The molecule has 26 heavy (non-hydrogen) atoms. The summed E-state index contributed by atoms with van der Waals surface area (Å²) in [7, 11) is -0.336. The normalized spacial score (nSPS) is 18.1. The van der Waals surface area contributed by atoms with E-state index in [1.807, 2.05) is 12.1 Å². The van der Waals surface area contributed by atoms with Crippen LogP contribution >= 0.6 is 0 Å². The van der Waals surface area contributed by atoms with E-state index in [0.29, 0.717) is 0 Å². The van der Waals surface area contributed by atoms with Gasteiger partial charge >= 0.3 is 7.12 Å². The van der Waals surface area contributed by atoms with Crippen molar-refractivity contribution in [2.24, 2.45) is 0 Å². The Bertz CT molecular complexity index is 721. The molecule has 0 aromatic heterocycles. The molecule has 0 aliphatic carbocycles. The molecular weight excluding hydrogens is 323 g/mol. The summed E-state index contributed by atoms with van der Waals surface area (Å²) in [6, 6.07) is 16.7. The summed E-state index contributed by atoms with van der Waals surface area (Å²) < 4.78 is 18.1. The van der Waals surface area contributed by atoms with E-state index in [0.717, 1.165) is 41.8 Å². The minimum Gasteiger partial charge on any atom is -0.494 e. The third-order valence-corrected chi connectivity index (χ3v) is 5.37. The third-order valence-electron chi connectivity index (χ3n) is 5.37. The maximum atomic E-state index is 6.17. The van der Waals surface area contributed by atoms with Crippen LogP contribution < -0.4 is 10.2 Å². The van der Waals surface area contributed by atoms with Gasteiger partial charge in [-0.1, -0.05) is 49.7 Å². The van der Waals surface area contributed by atoms with Gasteiger partial charge in [0.25, 0.3) is 0 Å². The summed E-state index contributed by atoms with van der Waals surface area (Å²) in [4.78, 5) is 0. The molecule has 0 saturated carbocycles. The monoisotopic (exact) mass is 352 g/mol. The van der Waals surface area contributed by atoms with Crippen molar-refractivity contribution in [3.63, 3.8) is 0 Å². The second-order valence-corrected chi connectivity index (χ2v) is 7.94. The van der Waals surface area contributed by atoms with E-state index in [1.165, 1.54) is 0 Å². The molecule has 0 amide bonds. The Morgan fingerprint density at radius 1 is 0.885 bits per heavy atom. The van der Waals surface area contributed by atoms with E-state index >= 15 is 0 Å². The van der Waals surface area contributed by atoms with Gasteiger partial charge in [0.2, 0.25) is 0 Å². The SMILES string of the molecule is CCCCOc1ccc(-c2cccc(B3OC(C)(C)C(C)(C)O3)c2)cc1. The van der Waals surface area contributed by atoms with Crippen LogP contribution in [-0.4, -0.2) is 24.9 Å². The Morgan fingerprint density at radius 2 is 1.54 bits per heavy atom. The molecule has 0 N–H and O–H groups in total. The Balaban J connectivity index is 1.76. The summed E-state index contributed by atoms with van der Waals surface area (Å²) >= 11 is 0. The first kappa shape index (κ1) is 19.0. The van der Waals surface area contributed by atoms with Crippen molar-refractivity contribution in [2.45, 2.75) is 58.7 Å². The molecule has 4 heteroatoms. The van der Waals surface area contributed by atoms with Crippen molar-refractivity contribution in [3.8, 4) is 16.9 Å². The number of ether oxygens (including phenoxy) is 1. The van der Waals surface area contributed by atoms with Gasteiger partial charge in [-0.15, -0.1) is 0 Å². The molecule has 0 spiro atoms. The standard InChI is InChI=1S/C22H29BO3/c1-6-7-15-24-20-13-11-17(12-14-20)18-9-8-10-19(16-18)23-25-21(2,3)22(4,5)26-23/h8-14,16H,6-7,15H2,1-5H3. The zero-order valence-corrected chi connectivity index (χ0v) is 16.5. The number of benzene rings is 2. The van der Waals surface area contributed by atoms with Crippen LogP contribution in [0.4, 0.5) is 0 Å². The lowest BCUT2D eigenvalue weighted by Gasteiger charge is -2.32. The summed E-state index contributed by atoms with van der Waals surface area (Å²) in [6.07, 6.45) is 2.22. The second-order valence-electron chi connectivity index (χ2n) is 7.94. The van der Waals surface area contributed by atoms with Crippen molar-refractivity contribution >= 4 is 12.6 Å². The summed E-state index contributed by atoms with van der Waals surface area (Å²) in [6.45, 7) is 11.2. The molecule has 3 rings (SSSR count). The largest absolute Gasteiger partial charge is 0.494 e. The molecule has 0 bridgehead atoms. The van der Waals surface area contributed by atoms with Crippen LogP contribution in [0.5, 0.6) is 5.75 Å². The fraction of sp³-hybridized carbons (Fsp3) is 0.455. The minimum absolute atomic E-state index is 0.328. The Morgan fingerprint density at radius 3 is 2.15 bits per heavy atom. The molecule has 0 atom stereocenters. The summed E-state index contributed by atoms with van der Waals surface area (Å²) in [5, 5.41) is 0. The fourth-order valence-electron chi connectivity index (χ4n) is 2.92. The summed E-state index contributed by atoms with van der Waals surface area (Å²) in [5.74, 6) is 0.921. The molecule has 0 unspecified atom stereocenters. The maximum Gasteiger partial charge on any atom is 0.494 e. The number of hydrogen-bond acceptors (Lipinski definition) is 3. The van der Waals surface area contributed by atoms with Crippen molar-refractivity contribution in [1.82, 2.24) is 0 Å². The van der Waals surface area contributed by atoms with E-state index < -0.39 is 0 Å². The molecule has 1 saturated heterocycles. The van der Waals surface area contributed by atoms with Gasteiger partial charge in [-0.25, -0.2) is 0 Å². The predicted molar refractivity (Wildman–Crippen MR) is 108 cm³/mol. The first-order valence-corrected chi connectivity index (χ1v) is 9.51. The molecule has 3 nitrogen and oxygen atoms in total. The van der Waals surface area contributed by atoms with Crippen LogP contribution in [0.2, 0.25) is 0 Å². The minimum atomic E-state index is -0.336. The molecule has 1 aliphatic rings. The maximum absolute atomic E-state index is 6.17. The highest BCUT2D eigenvalue weighted by Gasteiger charge is 2.51. The highest BCUT2D eigenvalue weighted by atomic mass is 16.7. The molecule has 0 radical (unpaired) electrons. The first-order chi connectivity index (χ1) is 12.3. The molecule has 2 aromatic carbocycles. The molecule has 1 heterocycles. The van der Waals surface area contributed by atoms with Crippen LogP contribution in [0.3, 0.4) is 0 Å². The lowest BCUT2D eigenvalue weighted by atomic mass is 9.78. The molecule has 1 aliphatic heterocycles. The highest BCUT2D eigenvalue weighted by Crippen LogP contribution is 2.36. The second kappa shape index (κ2) is 7.46. The van der Waals surface area contributed by atoms with Gasteiger partial charge in [0, 0.05) is 0 Å². The van der Waals surface area contributed by atoms with Gasteiger partial charge in [0.1, 0.15) is 5.75 Å². The Labute approximate surface area is 157 Å². The smallest absolute Gasteiger partial charge is 0.494 e. The third kappa shape index (κ3) is 3.97. The number of rotatable bonds is 6. The average Bonchev–Trinajstić information content (AvgIpc) is 2.84. The van der Waals surface area contributed by atoms with Gasteiger partial charge in [-0.2, -0.15) is 0 Å². The van der Waals surface area contributed by atoms with Crippen LogP contribution in [0.15, 0.2) is 48.5 Å². The van der Waals surface area contributed by atoms with Crippen molar-refractivity contribution < 1.29 is 14.0 Å². The van der Waals surface area contributed by atoms with Crippen molar-refractivity contribution in [3.05, 3.63) is 48.5 Å². The van der Waals surface area contributed by atoms with Crippen LogP contribution in [-0.2, 0) is 9.31 Å². The van der Waals surface area contributed by atoms with Gasteiger partial charge in [-0.05, 0) is 62.8 Å². The number of unbranched alkanes of at least 4 members (excludes halogenated alkanes) is 1. The van der Waals surface area contributed by atoms with Crippen LogP contribution in [0.25, 0.3) is 11.1 Å². The highest BCUT2D eigenvalue weighted by molar-refractivity contribution is 6.62. The molecule has 2 aromatic rings. The summed E-state index contributed by atoms with van der Waals surface area (Å²) in [5.41, 5.74) is 2.70. The topological polar surface area (TPSA) is 27.7 Å².